The summed E-state index contributed by atoms with van der Waals surface area (Å²) in [4.78, 5) is 10.8. The minimum atomic E-state index is -0.0622. The minimum Gasteiger partial charge on any atom is -0.494 e. The Labute approximate surface area is 114 Å². The number of amides is 1. The first-order chi connectivity index (χ1) is 8.72. The van der Waals surface area contributed by atoms with E-state index in [9.17, 15) is 4.79 Å². The van der Waals surface area contributed by atoms with E-state index < -0.39 is 0 Å². The normalized spacial score (nSPS) is 10.1. The van der Waals surface area contributed by atoms with E-state index in [1.54, 1.807) is 0 Å². The van der Waals surface area contributed by atoms with Crippen molar-refractivity contribution >= 4 is 24.2 Å². The average Bonchev–Trinajstić information content (AvgIpc) is 2.35. The zero-order valence-electron chi connectivity index (χ0n) is 10.8. The smallest absolute Gasteiger partial charge is 0.221 e. The predicted octanol–water partition coefficient (Wildman–Crippen LogP) is 3.51. The third-order valence-electron chi connectivity index (χ3n) is 2.50. The van der Waals surface area contributed by atoms with Crippen molar-refractivity contribution in [2.45, 2.75) is 32.6 Å². The number of anilines is 1. The molecule has 0 heterocycles. The van der Waals surface area contributed by atoms with Gasteiger partial charge >= 0.3 is 0 Å². The molecule has 0 atom stereocenters. The van der Waals surface area contributed by atoms with E-state index in [-0.39, 0.29) is 5.91 Å². The van der Waals surface area contributed by atoms with Crippen molar-refractivity contribution in [1.82, 2.24) is 0 Å². The Balaban J connectivity index is 2.20. The van der Waals surface area contributed by atoms with Gasteiger partial charge in [-0.15, -0.1) is 0 Å². The minimum absolute atomic E-state index is 0.0622. The summed E-state index contributed by atoms with van der Waals surface area (Å²) in [6, 6.07) is 7.44. The maximum atomic E-state index is 10.8. The summed E-state index contributed by atoms with van der Waals surface area (Å²) in [5, 5.41) is 2.72. The Morgan fingerprint density at radius 2 is 1.83 bits per heavy atom. The first-order valence-corrected chi connectivity index (χ1v) is 6.97. The molecule has 1 N–H and O–H groups in total. The van der Waals surface area contributed by atoms with Crippen LogP contribution in [-0.2, 0) is 4.79 Å². The first-order valence-electron chi connectivity index (χ1n) is 6.33. The second-order valence-electron chi connectivity index (χ2n) is 4.19. The van der Waals surface area contributed by atoms with Crippen LogP contribution in [0.2, 0.25) is 0 Å². The van der Waals surface area contributed by atoms with Crippen LogP contribution >= 0.6 is 12.6 Å². The zero-order valence-corrected chi connectivity index (χ0v) is 11.7. The highest BCUT2D eigenvalue weighted by Crippen LogP contribution is 2.16. The van der Waals surface area contributed by atoms with Gasteiger partial charge in [-0.2, -0.15) is 12.6 Å². The molecular weight excluding hydrogens is 246 g/mol. The number of benzene rings is 1. The van der Waals surface area contributed by atoms with Crippen LogP contribution in [0.4, 0.5) is 5.69 Å². The van der Waals surface area contributed by atoms with Crippen LogP contribution < -0.4 is 10.1 Å². The molecule has 1 rings (SSSR count). The van der Waals surface area contributed by atoms with Gasteiger partial charge in [-0.1, -0.05) is 12.8 Å². The number of thiol groups is 1. The Bertz CT molecular complexity index is 351. The molecule has 0 aliphatic carbocycles. The third kappa shape index (κ3) is 6.55. The van der Waals surface area contributed by atoms with Crippen LogP contribution in [0.3, 0.4) is 0 Å². The summed E-state index contributed by atoms with van der Waals surface area (Å²) in [5.41, 5.74) is 0.795. The van der Waals surface area contributed by atoms with Crippen LogP contribution in [-0.4, -0.2) is 18.3 Å². The second-order valence-corrected chi connectivity index (χ2v) is 4.64. The van der Waals surface area contributed by atoms with E-state index in [1.165, 1.54) is 26.2 Å². The van der Waals surface area contributed by atoms with Crippen LogP contribution in [0.1, 0.15) is 32.6 Å². The zero-order chi connectivity index (χ0) is 13.2. The van der Waals surface area contributed by atoms with E-state index in [0.29, 0.717) is 0 Å². The first kappa shape index (κ1) is 14.9. The molecule has 0 unspecified atom stereocenters. The van der Waals surface area contributed by atoms with Crippen LogP contribution in [0.25, 0.3) is 0 Å². The SMILES string of the molecule is CC(=O)Nc1ccc(OCCCCCCS)cc1. The van der Waals surface area contributed by atoms with Crippen molar-refractivity contribution in [3.63, 3.8) is 0 Å². The van der Waals surface area contributed by atoms with Gasteiger partial charge in [0.15, 0.2) is 0 Å². The van der Waals surface area contributed by atoms with Crippen molar-refractivity contribution in [2.75, 3.05) is 17.7 Å². The highest BCUT2D eigenvalue weighted by Gasteiger charge is 1.97. The van der Waals surface area contributed by atoms with E-state index >= 15 is 0 Å². The summed E-state index contributed by atoms with van der Waals surface area (Å²) < 4.78 is 5.61. The van der Waals surface area contributed by atoms with Gasteiger partial charge in [0, 0.05) is 12.6 Å². The van der Waals surface area contributed by atoms with Gasteiger partial charge in [0.1, 0.15) is 5.75 Å². The molecular formula is C14H21NO2S. The summed E-state index contributed by atoms with van der Waals surface area (Å²) in [7, 11) is 0. The molecule has 4 heteroatoms. The maximum Gasteiger partial charge on any atom is 0.221 e. The maximum absolute atomic E-state index is 10.8. The topological polar surface area (TPSA) is 38.3 Å². The van der Waals surface area contributed by atoms with Crippen molar-refractivity contribution in [2.24, 2.45) is 0 Å². The lowest BCUT2D eigenvalue weighted by molar-refractivity contribution is -0.114. The molecule has 0 saturated carbocycles. The largest absolute Gasteiger partial charge is 0.494 e. The molecule has 0 spiro atoms. The molecule has 0 aliphatic rings. The molecule has 1 amide bonds. The lowest BCUT2D eigenvalue weighted by atomic mass is 10.2. The van der Waals surface area contributed by atoms with Gasteiger partial charge in [-0.3, -0.25) is 4.79 Å². The number of carbonyl (C=O) groups is 1. The number of carbonyl (C=O) groups excluding carboxylic acids is 1. The predicted molar refractivity (Wildman–Crippen MR) is 78.6 cm³/mol. The van der Waals surface area contributed by atoms with Gasteiger partial charge in [0.05, 0.1) is 6.61 Å². The molecule has 0 saturated heterocycles. The number of nitrogens with one attached hydrogen (secondary N) is 1. The van der Waals surface area contributed by atoms with E-state index in [1.807, 2.05) is 24.3 Å². The molecule has 18 heavy (non-hydrogen) atoms. The summed E-state index contributed by atoms with van der Waals surface area (Å²) >= 11 is 4.17. The Kier molecular flexibility index (Phi) is 7.34. The highest BCUT2D eigenvalue weighted by atomic mass is 32.1. The highest BCUT2D eigenvalue weighted by molar-refractivity contribution is 7.80. The number of hydrogen-bond acceptors (Lipinski definition) is 3. The molecule has 0 aromatic heterocycles. The summed E-state index contributed by atoms with van der Waals surface area (Å²) in [5.74, 6) is 1.75. The quantitative estimate of drug-likeness (QED) is 0.559. The molecule has 0 radical (unpaired) electrons. The fourth-order valence-corrected chi connectivity index (χ4v) is 1.82. The van der Waals surface area contributed by atoms with Crippen molar-refractivity contribution in [1.29, 1.82) is 0 Å². The number of ether oxygens (including phenoxy) is 1. The fraction of sp³-hybridized carbons (Fsp3) is 0.500. The van der Waals surface area contributed by atoms with Crippen molar-refractivity contribution in [3.05, 3.63) is 24.3 Å². The van der Waals surface area contributed by atoms with Crippen LogP contribution in [0.5, 0.6) is 5.75 Å². The van der Waals surface area contributed by atoms with Crippen molar-refractivity contribution < 1.29 is 9.53 Å². The van der Waals surface area contributed by atoms with Crippen LogP contribution in [0.15, 0.2) is 24.3 Å². The summed E-state index contributed by atoms with van der Waals surface area (Å²) in [6.07, 6.45) is 4.65. The fourth-order valence-electron chi connectivity index (χ4n) is 1.60. The van der Waals surface area contributed by atoms with E-state index in [4.69, 9.17) is 4.74 Å². The van der Waals surface area contributed by atoms with Gasteiger partial charge in [0.2, 0.25) is 5.91 Å². The summed E-state index contributed by atoms with van der Waals surface area (Å²) in [6.45, 7) is 2.24. The standard InChI is InChI=1S/C14H21NO2S/c1-12(16)15-13-6-8-14(9-7-13)17-10-4-2-3-5-11-18/h6-9,18H,2-5,10-11H2,1H3,(H,15,16). The Morgan fingerprint density at radius 3 is 2.44 bits per heavy atom. The van der Waals surface area contributed by atoms with Crippen LogP contribution in [0, 0.1) is 0 Å². The van der Waals surface area contributed by atoms with Gasteiger partial charge in [0.25, 0.3) is 0 Å². The lowest BCUT2D eigenvalue weighted by Crippen LogP contribution is -2.05. The second kappa shape index (κ2) is 8.86. The lowest BCUT2D eigenvalue weighted by Gasteiger charge is -2.07. The number of unbranched alkanes of at least 4 members (excludes halogenated alkanes) is 3. The number of rotatable bonds is 8. The molecule has 1 aromatic carbocycles. The molecule has 1 aromatic rings. The third-order valence-corrected chi connectivity index (χ3v) is 2.81. The Morgan fingerprint density at radius 1 is 1.17 bits per heavy atom. The molecule has 0 fully saturated rings. The average molecular weight is 267 g/mol. The van der Waals surface area contributed by atoms with E-state index in [2.05, 4.69) is 17.9 Å². The monoisotopic (exact) mass is 267 g/mol. The van der Waals surface area contributed by atoms with Gasteiger partial charge in [-0.25, -0.2) is 0 Å². The molecule has 0 aliphatic heterocycles. The van der Waals surface area contributed by atoms with Gasteiger partial charge in [-0.05, 0) is 42.9 Å². The van der Waals surface area contributed by atoms with Crippen molar-refractivity contribution in [3.8, 4) is 5.75 Å². The molecule has 0 bridgehead atoms. The Hall–Kier alpha value is -1.16. The van der Waals surface area contributed by atoms with E-state index in [0.717, 1.165) is 30.2 Å². The van der Waals surface area contributed by atoms with Gasteiger partial charge < -0.3 is 10.1 Å². The number of hydrogen-bond donors (Lipinski definition) is 2. The molecule has 3 nitrogen and oxygen atoms in total. The molecule has 100 valence electrons.